The Hall–Kier alpha value is -3.50. The molecular weight excluding hydrogens is 452 g/mol. The first-order chi connectivity index (χ1) is 18.3. The lowest BCUT2D eigenvalue weighted by molar-refractivity contribution is 0.161. The monoisotopic (exact) mass is 488 g/mol. The van der Waals surface area contributed by atoms with E-state index in [1.807, 2.05) is 12.4 Å². The summed E-state index contributed by atoms with van der Waals surface area (Å²) in [6.45, 7) is 5.04. The van der Waals surface area contributed by atoms with E-state index in [1.165, 1.54) is 76.4 Å². The SMILES string of the molecule is CCCCCN(Cc1nccc2c3ccccc3n(Cc3ccccc3)c12)[C@H]1CCCc2cccnc21. The minimum absolute atomic E-state index is 0.353. The maximum absolute atomic E-state index is 5.04. The van der Waals surface area contributed by atoms with Crippen molar-refractivity contribution in [3.05, 3.63) is 108 Å². The molecule has 3 aromatic heterocycles. The van der Waals surface area contributed by atoms with E-state index in [-0.39, 0.29) is 0 Å². The number of nitrogens with zero attached hydrogens (tertiary/aromatic N) is 4. The summed E-state index contributed by atoms with van der Waals surface area (Å²) >= 11 is 0. The zero-order chi connectivity index (χ0) is 25.0. The summed E-state index contributed by atoms with van der Waals surface area (Å²) in [6.07, 6.45) is 11.2. The Balaban J connectivity index is 1.45. The van der Waals surface area contributed by atoms with Crippen LogP contribution in [-0.4, -0.2) is 26.0 Å². The number of para-hydroxylation sites is 1. The first kappa shape index (κ1) is 23.9. The lowest BCUT2D eigenvalue weighted by Gasteiger charge is -2.35. The maximum Gasteiger partial charge on any atom is 0.0787 e. The van der Waals surface area contributed by atoms with Crippen molar-refractivity contribution < 1.29 is 0 Å². The molecule has 1 aliphatic rings. The van der Waals surface area contributed by atoms with Gasteiger partial charge < -0.3 is 4.57 Å². The molecule has 4 heteroatoms. The van der Waals surface area contributed by atoms with Gasteiger partial charge in [-0.3, -0.25) is 14.9 Å². The molecule has 0 radical (unpaired) electrons. The number of benzene rings is 2. The van der Waals surface area contributed by atoms with Crippen LogP contribution in [0, 0.1) is 0 Å². The summed E-state index contributed by atoms with van der Waals surface area (Å²) in [6, 6.07) is 26.5. The quantitative estimate of drug-likeness (QED) is 0.199. The second kappa shape index (κ2) is 10.9. The van der Waals surface area contributed by atoms with E-state index in [0.29, 0.717) is 6.04 Å². The highest BCUT2D eigenvalue weighted by Gasteiger charge is 2.28. The fraction of sp³-hybridized carbons (Fsp3) is 0.333. The topological polar surface area (TPSA) is 34.0 Å². The van der Waals surface area contributed by atoms with Crippen LogP contribution >= 0.6 is 0 Å². The van der Waals surface area contributed by atoms with Gasteiger partial charge in [-0.2, -0.15) is 0 Å². The number of unbranched alkanes of at least 4 members (excludes halogenated alkanes) is 2. The third-order valence-electron chi connectivity index (χ3n) is 7.95. The second-order valence-electron chi connectivity index (χ2n) is 10.4. The Morgan fingerprint density at radius 3 is 2.62 bits per heavy atom. The Morgan fingerprint density at radius 2 is 1.73 bits per heavy atom. The van der Waals surface area contributed by atoms with Gasteiger partial charge in [0.25, 0.3) is 0 Å². The summed E-state index contributed by atoms with van der Waals surface area (Å²) in [5, 5.41) is 2.60. The van der Waals surface area contributed by atoms with Gasteiger partial charge in [0.05, 0.1) is 22.9 Å². The Bertz CT molecular complexity index is 1490. The van der Waals surface area contributed by atoms with Gasteiger partial charge in [-0.05, 0) is 61.6 Å². The van der Waals surface area contributed by atoms with Crippen molar-refractivity contribution in [2.75, 3.05) is 6.54 Å². The zero-order valence-electron chi connectivity index (χ0n) is 21.8. The van der Waals surface area contributed by atoms with Crippen LogP contribution in [0.3, 0.4) is 0 Å². The fourth-order valence-electron chi connectivity index (χ4n) is 6.16. The van der Waals surface area contributed by atoms with Crippen molar-refractivity contribution in [3.8, 4) is 0 Å². The van der Waals surface area contributed by atoms with Crippen LogP contribution in [0.4, 0.5) is 0 Å². The van der Waals surface area contributed by atoms with Gasteiger partial charge in [0.2, 0.25) is 0 Å². The third-order valence-corrected chi connectivity index (χ3v) is 7.95. The summed E-state index contributed by atoms with van der Waals surface area (Å²) in [5.74, 6) is 0. The van der Waals surface area contributed by atoms with Crippen LogP contribution in [0.2, 0.25) is 0 Å². The van der Waals surface area contributed by atoms with E-state index in [1.54, 1.807) is 0 Å². The summed E-state index contributed by atoms with van der Waals surface area (Å²) in [7, 11) is 0. The molecule has 0 bridgehead atoms. The van der Waals surface area contributed by atoms with Crippen LogP contribution < -0.4 is 0 Å². The largest absolute Gasteiger partial charge is 0.334 e. The normalized spacial score (nSPS) is 15.5. The summed E-state index contributed by atoms with van der Waals surface area (Å²) in [5.41, 5.74) is 7.73. The first-order valence-electron chi connectivity index (χ1n) is 13.9. The van der Waals surface area contributed by atoms with Crippen molar-refractivity contribution in [2.24, 2.45) is 0 Å². The average Bonchev–Trinajstić information content (AvgIpc) is 3.27. The average molecular weight is 489 g/mol. The molecule has 0 fully saturated rings. The maximum atomic E-state index is 5.04. The minimum atomic E-state index is 0.353. The van der Waals surface area contributed by atoms with Gasteiger partial charge in [-0.1, -0.05) is 74.4 Å². The smallest absolute Gasteiger partial charge is 0.0787 e. The molecule has 188 valence electrons. The molecule has 4 nitrogen and oxygen atoms in total. The van der Waals surface area contributed by atoms with E-state index in [0.717, 1.165) is 26.1 Å². The van der Waals surface area contributed by atoms with E-state index in [9.17, 15) is 0 Å². The highest BCUT2D eigenvalue weighted by Crippen LogP contribution is 2.36. The number of aryl methyl sites for hydroxylation is 1. The molecule has 1 atom stereocenters. The van der Waals surface area contributed by atoms with Gasteiger partial charge in [0, 0.05) is 41.8 Å². The number of hydrogen-bond acceptors (Lipinski definition) is 3. The Labute approximate surface area is 220 Å². The second-order valence-corrected chi connectivity index (χ2v) is 10.4. The van der Waals surface area contributed by atoms with Crippen molar-refractivity contribution in [3.63, 3.8) is 0 Å². The molecule has 1 aliphatic carbocycles. The molecule has 0 saturated carbocycles. The Kier molecular flexibility index (Phi) is 7.00. The number of hydrogen-bond donors (Lipinski definition) is 0. The highest BCUT2D eigenvalue weighted by molar-refractivity contribution is 6.08. The number of aromatic nitrogens is 3. The molecule has 3 heterocycles. The number of fused-ring (bicyclic) bond motifs is 4. The lowest BCUT2D eigenvalue weighted by atomic mass is 9.90. The van der Waals surface area contributed by atoms with Gasteiger partial charge >= 0.3 is 0 Å². The minimum Gasteiger partial charge on any atom is -0.334 e. The van der Waals surface area contributed by atoms with Crippen LogP contribution in [0.25, 0.3) is 21.8 Å². The highest BCUT2D eigenvalue weighted by atomic mass is 15.2. The van der Waals surface area contributed by atoms with Crippen molar-refractivity contribution >= 4 is 21.8 Å². The standard InChI is InChI=1S/C33H36N4/c1-2-3-9-22-36(31-18-10-14-26-15-11-20-35-32(26)31)24-29-33-28(19-21-34-29)27-16-7-8-17-30(27)37(33)23-25-12-5-4-6-13-25/h4-8,11-13,15-17,19-21,31H,2-3,9-10,14,18,22-24H2,1H3/t31-/m0/s1. The lowest BCUT2D eigenvalue weighted by Crippen LogP contribution is -2.33. The molecular formula is C33H36N4. The fourth-order valence-corrected chi connectivity index (χ4v) is 6.16. The van der Waals surface area contributed by atoms with Crippen LogP contribution in [0.15, 0.2) is 85.2 Å². The summed E-state index contributed by atoms with van der Waals surface area (Å²) < 4.78 is 2.49. The van der Waals surface area contributed by atoms with Gasteiger partial charge in [0.15, 0.2) is 0 Å². The van der Waals surface area contributed by atoms with Crippen LogP contribution in [-0.2, 0) is 19.5 Å². The van der Waals surface area contributed by atoms with E-state index in [2.05, 4.69) is 89.2 Å². The van der Waals surface area contributed by atoms with E-state index in [4.69, 9.17) is 9.97 Å². The Morgan fingerprint density at radius 1 is 0.865 bits per heavy atom. The van der Waals surface area contributed by atoms with Crippen LogP contribution in [0.1, 0.15) is 67.6 Å². The van der Waals surface area contributed by atoms with Crippen molar-refractivity contribution in [1.82, 2.24) is 19.4 Å². The van der Waals surface area contributed by atoms with Crippen molar-refractivity contribution in [2.45, 2.75) is 64.6 Å². The van der Waals surface area contributed by atoms with Crippen LogP contribution in [0.5, 0.6) is 0 Å². The zero-order valence-corrected chi connectivity index (χ0v) is 21.8. The number of pyridine rings is 2. The predicted octanol–water partition coefficient (Wildman–Crippen LogP) is 7.70. The van der Waals surface area contributed by atoms with Gasteiger partial charge in [-0.25, -0.2) is 0 Å². The molecule has 0 aliphatic heterocycles. The van der Waals surface area contributed by atoms with E-state index < -0.39 is 0 Å². The molecule has 0 amide bonds. The molecule has 0 unspecified atom stereocenters. The predicted molar refractivity (Wildman–Crippen MR) is 153 cm³/mol. The third kappa shape index (κ3) is 4.78. The van der Waals surface area contributed by atoms with E-state index >= 15 is 0 Å². The van der Waals surface area contributed by atoms with Crippen molar-refractivity contribution in [1.29, 1.82) is 0 Å². The molecule has 5 aromatic rings. The van der Waals surface area contributed by atoms with Gasteiger partial charge in [-0.15, -0.1) is 0 Å². The number of rotatable bonds is 9. The molecule has 0 N–H and O–H groups in total. The molecule has 0 saturated heterocycles. The molecule has 0 spiro atoms. The molecule has 37 heavy (non-hydrogen) atoms. The summed E-state index contributed by atoms with van der Waals surface area (Å²) in [4.78, 5) is 12.6. The molecule has 2 aromatic carbocycles. The molecule has 6 rings (SSSR count). The van der Waals surface area contributed by atoms with Gasteiger partial charge in [0.1, 0.15) is 0 Å². The first-order valence-corrected chi connectivity index (χ1v) is 13.9.